The Kier molecular flexibility index (Phi) is 23.5. The zero-order valence-corrected chi connectivity index (χ0v) is 30.9. The van der Waals surface area contributed by atoms with Crippen LogP contribution in [-0.4, -0.2) is 13.0 Å². The van der Waals surface area contributed by atoms with E-state index in [-0.39, 0.29) is 56.3 Å². The third-order valence-electron chi connectivity index (χ3n) is 8.50. The van der Waals surface area contributed by atoms with Crippen molar-refractivity contribution in [2.45, 2.75) is 173 Å². The summed E-state index contributed by atoms with van der Waals surface area (Å²) in [5.41, 5.74) is 2.17. The first kappa shape index (κ1) is 39.3. The summed E-state index contributed by atoms with van der Waals surface area (Å²) in [6, 6.07) is 9.64. The van der Waals surface area contributed by atoms with E-state index >= 15 is 0 Å². The number of hydrogen-bond donors (Lipinski definition) is 0. The fourth-order valence-corrected chi connectivity index (χ4v) is 6.76. The molecule has 0 amide bonds. The fraction of sp³-hybridized carbons (Fsp3) is 0.722. The first-order chi connectivity index (χ1) is 19.5. The van der Waals surface area contributed by atoms with Crippen LogP contribution < -0.4 is 51.4 Å². The van der Waals surface area contributed by atoms with Gasteiger partial charge in [0.15, 0.2) is 0 Å². The maximum absolute atomic E-state index is 12.2. The van der Waals surface area contributed by atoms with Gasteiger partial charge in [0.25, 0.3) is 0 Å². The Bertz CT molecular complexity index is 1030. The topological polar surface area (TPSA) is 57.2 Å². The van der Waals surface area contributed by atoms with Crippen molar-refractivity contribution in [3.63, 3.8) is 0 Å². The number of benzene rings is 2. The minimum Gasteiger partial charge on any atom is -0.744 e. The molecule has 41 heavy (non-hydrogen) atoms. The zero-order valence-electron chi connectivity index (χ0n) is 27.0. The summed E-state index contributed by atoms with van der Waals surface area (Å²) in [7, 11) is -4.52. The molecule has 0 atom stereocenters. The molecule has 228 valence electrons. The molecule has 0 radical (unpaired) electrons. The van der Waals surface area contributed by atoms with Crippen LogP contribution in [-0.2, 0) is 23.0 Å². The van der Waals surface area contributed by atoms with Crippen LogP contribution in [0, 0.1) is 0 Å². The molecule has 0 N–H and O–H groups in total. The van der Waals surface area contributed by atoms with Gasteiger partial charge in [0, 0.05) is 0 Å². The molecule has 0 saturated heterocycles. The van der Waals surface area contributed by atoms with Crippen LogP contribution in [0.25, 0.3) is 10.8 Å². The number of hydrogen-bond acceptors (Lipinski definition) is 3. The van der Waals surface area contributed by atoms with E-state index in [1.54, 1.807) is 12.1 Å². The van der Waals surface area contributed by atoms with E-state index < -0.39 is 10.1 Å². The van der Waals surface area contributed by atoms with Crippen LogP contribution in [0.4, 0.5) is 0 Å². The monoisotopic (exact) mass is 610 g/mol. The quantitative estimate of drug-likeness (QED) is 0.0644. The molecule has 0 aromatic heterocycles. The van der Waals surface area contributed by atoms with Gasteiger partial charge in [-0.1, -0.05) is 167 Å². The van der Waals surface area contributed by atoms with Crippen molar-refractivity contribution in [1.29, 1.82) is 0 Å². The molecule has 0 saturated carbocycles. The average molecular weight is 611 g/mol. The van der Waals surface area contributed by atoms with Crippen molar-refractivity contribution in [2.24, 2.45) is 0 Å². The van der Waals surface area contributed by atoms with Crippen molar-refractivity contribution in [3.05, 3.63) is 41.5 Å². The summed E-state index contributed by atoms with van der Waals surface area (Å²) in [5.74, 6) is 0. The third kappa shape index (κ3) is 17.4. The van der Waals surface area contributed by atoms with E-state index in [1.165, 1.54) is 128 Å². The Balaban J connectivity index is 0.00000840. The van der Waals surface area contributed by atoms with Crippen molar-refractivity contribution in [3.8, 4) is 0 Å². The molecule has 0 bridgehead atoms. The second-order valence-electron chi connectivity index (χ2n) is 12.1. The Labute approximate surface area is 296 Å². The molecule has 2 aromatic carbocycles. The molecule has 2 rings (SSSR count). The van der Waals surface area contributed by atoms with E-state index in [1.807, 2.05) is 6.07 Å². The number of aryl methyl sites for hydroxylation is 2. The van der Waals surface area contributed by atoms with Crippen LogP contribution in [0.5, 0.6) is 0 Å². The van der Waals surface area contributed by atoms with Gasteiger partial charge in [-0.15, -0.1) is 0 Å². The molecular formula is C36H59KO3S. The second-order valence-corrected chi connectivity index (χ2v) is 13.5. The fourth-order valence-electron chi connectivity index (χ4n) is 6.01. The molecular weight excluding hydrogens is 552 g/mol. The predicted molar refractivity (Wildman–Crippen MR) is 172 cm³/mol. The molecule has 0 fully saturated rings. The van der Waals surface area contributed by atoms with Gasteiger partial charge in [-0.3, -0.25) is 0 Å². The summed E-state index contributed by atoms with van der Waals surface area (Å²) in [6.45, 7) is 4.53. The molecule has 0 spiro atoms. The smallest absolute Gasteiger partial charge is 0.744 e. The molecule has 0 aliphatic carbocycles. The molecule has 0 aliphatic heterocycles. The number of rotatable bonds is 25. The maximum atomic E-state index is 12.2. The molecule has 0 unspecified atom stereocenters. The van der Waals surface area contributed by atoms with Gasteiger partial charge in [-0.25, -0.2) is 8.42 Å². The second kappa shape index (κ2) is 24.6. The van der Waals surface area contributed by atoms with E-state index in [0.717, 1.165) is 43.1 Å². The largest absolute Gasteiger partial charge is 1.00 e. The standard InChI is InChI=1S/C36H60O3S.K/c1-3-5-7-9-11-13-15-17-19-21-23-26-32-30-35-33(28-25-29-34(35)36(31-32)40(37,38)39)27-24-22-20-18-16-14-12-10-8-6-4-2;/h25,28-31H,3-24,26-27H2,1-2H3,(H,37,38,39);/q;+1/p-1. The normalized spacial score (nSPS) is 11.7. The van der Waals surface area contributed by atoms with E-state index in [4.69, 9.17) is 0 Å². The van der Waals surface area contributed by atoms with Crippen LogP contribution in [0.3, 0.4) is 0 Å². The van der Waals surface area contributed by atoms with Gasteiger partial charge >= 0.3 is 51.4 Å². The van der Waals surface area contributed by atoms with Crippen molar-refractivity contribution in [2.75, 3.05) is 0 Å². The zero-order chi connectivity index (χ0) is 28.9. The minimum atomic E-state index is -4.52. The van der Waals surface area contributed by atoms with Crippen molar-refractivity contribution < 1.29 is 64.4 Å². The van der Waals surface area contributed by atoms with Gasteiger partial charge in [0.05, 0.1) is 4.90 Å². The number of unbranched alkanes of at least 4 members (excludes halogenated alkanes) is 20. The molecule has 3 nitrogen and oxygen atoms in total. The summed E-state index contributed by atoms with van der Waals surface area (Å²) in [6.07, 6.45) is 30.4. The first-order valence-electron chi connectivity index (χ1n) is 17.0. The van der Waals surface area contributed by atoms with Crippen LogP contribution >= 0.6 is 0 Å². The summed E-state index contributed by atoms with van der Waals surface area (Å²) in [5, 5.41) is 1.56. The molecule has 2 aromatic rings. The molecule has 5 heteroatoms. The predicted octanol–water partition coefficient (Wildman–Crippen LogP) is 8.45. The average Bonchev–Trinajstić information content (AvgIpc) is 2.94. The molecule has 0 aliphatic rings. The van der Waals surface area contributed by atoms with Gasteiger partial charge in [-0.05, 0) is 53.6 Å². The SMILES string of the molecule is CCCCCCCCCCCCCc1cc(S(=O)(=O)[O-])c2cccc(CCCCCCCCCCCCC)c2c1.[K+]. The van der Waals surface area contributed by atoms with Crippen LogP contribution in [0.1, 0.15) is 166 Å². The van der Waals surface area contributed by atoms with E-state index in [0.29, 0.717) is 5.39 Å². The number of fused-ring (bicyclic) bond motifs is 1. The van der Waals surface area contributed by atoms with Gasteiger partial charge in [0.2, 0.25) is 0 Å². The van der Waals surface area contributed by atoms with Gasteiger partial charge in [0.1, 0.15) is 10.1 Å². The summed E-state index contributed by atoms with van der Waals surface area (Å²) >= 11 is 0. The van der Waals surface area contributed by atoms with E-state index in [2.05, 4.69) is 26.0 Å². The summed E-state index contributed by atoms with van der Waals surface area (Å²) in [4.78, 5) is -0.0381. The Morgan fingerprint density at radius 1 is 0.537 bits per heavy atom. The van der Waals surface area contributed by atoms with Crippen LogP contribution in [0.2, 0.25) is 0 Å². The van der Waals surface area contributed by atoms with E-state index in [9.17, 15) is 13.0 Å². The van der Waals surface area contributed by atoms with Crippen LogP contribution in [0.15, 0.2) is 35.2 Å². The Hall–Kier alpha value is 0.246. The molecule has 0 heterocycles. The Morgan fingerprint density at radius 3 is 1.39 bits per heavy atom. The summed E-state index contributed by atoms with van der Waals surface area (Å²) < 4.78 is 36.5. The van der Waals surface area contributed by atoms with Crippen molar-refractivity contribution in [1.82, 2.24) is 0 Å². The van der Waals surface area contributed by atoms with Gasteiger partial charge < -0.3 is 4.55 Å². The van der Waals surface area contributed by atoms with Gasteiger partial charge in [-0.2, -0.15) is 0 Å². The first-order valence-corrected chi connectivity index (χ1v) is 18.4. The van der Waals surface area contributed by atoms with Crippen molar-refractivity contribution >= 4 is 20.9 Å². The maximum Gasteiger partial charge on any atom is 1.00 e. The minimum absolute atomic E-state index is 0. The Morgan fingerprint density at radius 2 is 0.951 bits per heavy atom. The third-order valence-corrected chi connectivity index (χ3v) is 9.37.